The van der Waals surface area contributed by atoms with Gasteiger partial charge in [0.25, 0.3) is 0 Å². The third-order valence-corrected chi connectivity index (χ3v) is 2.26. The van der Waals surface area contributed by atoms with Gasteiger partial charge >= 0.3 is 0 Å². The Bertz CT molecular complexity index is 546. The number of rotatable bonds is 3. The van der Waals surface area contributed by atoms with E-state index in [1.165, 1.54) is 6.26 Å². The largest absolute Gasteiger partial charge is 0.364 e. The maximum atomic E-state index is 5.93. The Kier molecular flexibility index (Phi) is 3.67. The first-order valence-electron chi connectivity index (χ1n) is 5.00. The molecule has 0 aliphatic heterocycles. The summed E-state index contributed by atoms with van der Waals surface area (Å²) < 4.78 is 4.78. The highest BCUT2D eigenvalue weighted by Crippen LogP contribution is 2.17. The molecule has 0 spiro atoms. The molecule has 0 radical (unpaired) electrons. The van der Waals surface area contributed by atoms with E-state index in [1.807, 2.05) is 37.3 Å². The number of hydrogen-bond donors (Lipinski definition) is 0. The first kappa shape index (κ1) is 11.5. The summed E-state index contributed by atoms with van der Waals surface area (Å²) in [7, 11) is 0. The predicted octanol–water partition coefficient (Wildman–Crippen LogP) is 4.30. The van der Waals surface area contributed by atoms with Crippen LogP contribution in [0.1, 0.15) is 11.3 Å². The van der Waals surface area contributed by atoms with Crippen LogP contribution >= 0.6 is 11.6 Å². The molecule has 0 saturated carbocycles. The molecule has 5 heteroatoms. The van der Waals surface area contributed by atoms with Gasteiger partial charge in [0, 0.05) is 5.56 Å². The molecule has 0 fully saturated rings. The molecule has 1 aromatic carbocycles. The lowest BCUT2D eigenvalue weighted by Gasteiger charge is -1.90. The number of halogens is 1. The number of aryl methyl sites for hydroxylation is 1. The molecular formula is C12H10ClN3O. The zero-order valence-corrected chi connectivity index (χ0v) is 9.93. The van der Waals surface area contributed by atoms with Gasteiger partial charge in [-0.05, 0) is 25.1 Å². The van der Waals surface area contributed by atoms with Gasteiger partial charge in [0.05, 0.1) is 11.4 Å². The maximum absolute atomic E-state index is 5.93. The van der Waals surface area contributed by atoms with Crippen molar-refractivity contribution in [2.75, 3.05) is 0 Å². The molecule has 0 amide bonds. The van der Waals surface area contributed by atoms with Gasteiger partial charge < -0.3 is 4.52 Å². The van der Waals surface area contributed by atoms with Crippen LogP contribution in [0.2, 0.25) is 0 Å². The summed E-state index contributed by atoms with van der Waals surface area (Å²) in [4.78, 5) is 0. The van der Waals surface area contributed by atoms with E-state index < -0.39 is 0 Å². The second-order valence-electron chi connectivity index (χ2n) is 3.36. The molecule has 17 heavy (non-hydrogen) atoms. The smallest absolute Gasteiger partial charge is 0.152 e. The SMILES string of the molecule is Cc1nocc1/C=C(/Cl)N=Nc1ccccc1. The first-order valence-corrected chi connectivity index (χ1v) is 5.38. The van der Waals surface area contributed by atoms with Crippen LogP contribution in [0.4, 0.5) is 5.69 Å². The summed E-state index contributed by atoms with van der Waals surface area (Å²) in [6, 6.07) is 9.37. The lowest BCUT2D eigenvalue weighted by Crippen LogP contribution is -1.74. The Morgan fingerprint density at radius 1 is 1.35 bits per heavy atom. The number of nitrogens with zero attached hydrogens (tertiary/aromatic N) is 3. The van der Waals surface area contributed by atoms with Crippen LogP contribution in [-0.2, 0) is 0 Å². The van der Waals surface area contributed by atoms with Crippen molar-refractivity contribution in [3.05, 3.63) is 53.0 Å². The van der Waals surface area contributed by atoms with Crippen molar-refractivity contribution in [1.29, 1.82) is 0 Å². The average molecular weight is 248 g/mol. The van der Waals surface area contributed by atoms with Crippen LogP contribution in [0.3, 0.4) is 0 Å². The molecular weight excluding hydrogens is 238 g/mol. The highest BCUT2D eigenvalue weighted by atomic mass is 35.5. The van der Waals surface area contributed by atoms with Crippen molar-refractivity contribution < 1.29 is 4.52 Å². The molecule has 2 aromatic rings. The van der Waals surface area contributed by atoms with E-state index in [-0.39, 0.29) is 5.16 Å². The van der Waals surface area contributed by atoms with Crippen LogP contribution in [-0.4, -0.2) is 5.16 Å². The van der Waals surface area contributed by atoms with Crippen LogP contribution in [0, 0.1) is 6.92 Å². The van der Waals surface area contributed by atoms with Crippen molar-refractivity contribution >= 4 is 23.4 Å². The second kappa shape index (κ2) is 5.41. The number of azo groups is 1. The molecule has 1 aromatic heterocycles. The minimum absolute atomic E-state index is 0.278. The molecule has 0 aliphatic carbocycles. The monoisotopic (exact) mass is 247 g/mol. The van der Waals surface area contributed by atoms with Gasteiger partial charge in [-0.25, -0.2) is 0 Å². The van der Waals surface area contributed by atoms with Gasteiger partial charge in [0.2, 0.25) is 0 Å². The molecule has 86 valence electrons. The van der Waals surface area contributed by atoms with Crippen molar-refractivity contribution in [2.45, 2.75) is 6.92 Å². The van der Waals surface area contributed by atoms with E-state index in [1.54, 1.807) is 6.08 Å². The van der Waals surface area contributed by atoms with Crippen LogP contribution < -0.4 is 0 Å². The molecule has 0 atom stereocenters. The van der Waals surface area contributed by atoms with Crippen LogP contribution in [0.25, 0.3) is 6.08 Å². The third-order valence-electron chi connectivity index (χ3n) is 2.08. The summed E-state index contributed by atoms with van der Waals surface area (Å²) in [5.74, 6) is 0. The molecule has 0 bridgehead atoms. The first-order chi connectivity index (χ1) is 8.25. The number of aromatic nitrogens is 1. The Morgan fingerprint density at radius 2 is 2.12 bits per heavy atom. The van der Waals surface area contributed by atoms with E-state index in [4.69, 9.17) is 16.1 Å². The minimum Gasteiger partial charge on any atom is -0.364 e. The summed E-state index contributed by atoms with van der Waals surface area (Å²) in [6.07, 6.45) is 3.16. The second-order valence-corrected chi connectivity index (χ2v) is 3.75. The van der Waals surface area contributed by atoms with Gasteiger partial charge in [-0.2, -0.15) is 0 Å². The highest BCUT2D eigenvalue weighted by molar-refractivity contribution is 6.31. The van der Waals surface area contributed by atoms with Gasteiger partial charge in [-0.15, -0.1) is 10.2 Å². The van der Waals surface area contributed by atoms with Gasteiger partial charge in [0.15, 0.2) is 5.16 Å². The quantitative estimate of drug-likeness (QED) is 0.600. The standard InChI is InChI=1S/C12H10ClN3O/c1-9-10(8-17-16-9)7-12(13)15-14-11-5-3-2-4-6-11/h2-8H,1H3/b12-7-,15-14?. The lowest BCUT2D eigenvalue weighted by atomic mass is 10.3. The van der Waals surface area contributed by atoms with E-state index >= 15 is 0 Å². The molecule has 0 N–H and O–H groups in total. The Labute approximate surface area is 104 Å². The fourth-order valence-corrected chi connectivity index (χ4v) is 1.35. The molecule has 1 heterocycles. The fourth-order valence-electron chi connectivity index (χ4n) is 1.20. The van der Waals surface area contributed by atoms with Crippen molar-refractivity contribution in [3.8, 4) is 0 Å². The van der Waals surface area contributed by atoms with Crippen molar-refractivity contribution in [1.82, 2.24) is 5.16 Å². The topological polar surface area (TPSA) is 50.8 Å². The zero-order valence-electron chi connectivity index (χ0n) is 9.17. The van der Waals surface area contributed by atoms with Crippen molar-refractivity contribution in [2.24, 2.45) is 10.2 Å². The van der Waals surface area contributed by atoms with Gasteiger partial charge in [-0.3, -0.25) is 0 Å². The molecule has 0 unspecified atom stereocenters. The van der Waals surface area contributed by atoms with E-state index in [0.29, 0.717) is 0 Å². The lowest BCUT2D eigenvalue weighted by molar-refractivity contribution is 0.415. The Hall–Kier alpha value is -1.94. The average Bonchev–Trinajstić information content (AvgIpc) is 2.74. The fraction of sp³-hybridized carbons (Fsp3) is 0.0833. The summed E-state index contributed by atoms with van der Waals surface area (Å²) >= 11 is 5.93. The Balaban J connectivity index is 2.12. The molecule has 0 aliphatic rings. The molecule has 4 nitrogen and oxygen atoms in total. The van der Waals surface area contributed by atoms with Gasteiger partial charge in [0.1, 0.15) is 6.26 Å². The number of hydrogen-bond acceptors (Lipinski definition) is 4. The van der Waals surface area contributed by atoms with E-state index in [2.05, 4.69) is 15.4 Å². The predicted molar refractivity (Wildman–Crippen MR) is 66.0 cm³/mol. The third kappa shape index (κ3) is 3.26. The van der Waals surface area contributed by atoms with E-state index in [0.717, 1.165) is 16.9 Å². The van der Waals surface area contributed by atoms with Gasteiger partial charge in [-0.1, -0.05) is 35.0 Å². The molecule has 2 rings (SSSR count). The number of benzene rings is 1. The van der Waals surface area contributed by atoms with Crippen LogP contribution in [0.15, 0.2) is 56.5 Å². The van der Waals surface area contributed by atoms with E-state index in [9.17, 15) is 0 Å². The Morgan fingerprint density at radius 3 is 2.76 bits per heavy atom. The summed E-state index contributed by atoms with van der Waals surface area (Å²) in [6.45, 7) is 1.83. The minimum atomic E-state index is 0.278. The van der Waals surface area contributed by atoms with Crippen LogP contribution in [0.5, 0.6) is 0 Å². The summed E-state index contributed by atoms with van der Waals surface area (Å²) in [5.41, 5.74) is 2.31. The molecule has 0 saturated heterocycles. The zero-order chi connectivity index (χ0) is 12.1. The van der Waals surface area contributed by atoms with Crippen molar-refractivity contribution in [3.63, 3.8) is 0 Å². The normalized spacial score (nSPS) is 12.2. The summed E-state index contributed by atoms with van der Waals surface area (Å²) in [5, 5.41) is 11.9. The highest BCUT2D eigenvalue weighted by Gasteiger charge is 2.00. The maximum Gasteiger partial charge on any atom is 0.152 e.